The van der Waals surface area contributed by atoms with E-state index in [1.807, 2.05) is 65.4 Å². The zero-order valence-electron chi connectivity index (χ0n) is 15.7. The first-order valence-corrected chi connectivity index (χ1v) is 10.9. The Morgan fingerprint density at radius 2 is 1.70 bits per heavy atom. The molecule has 4 aromatic rings. The molecule has 2 heterocycles. The average molecular weight is 436 g/mol. The second-order valence-corrected chi connectivity index (χ2v) is 7.84. The van der Waals surface area contributed by atoms with Gasteiger partial charge in [-0.05, 0) is 23.1 Å². The van der Waals surface area contributed by atoms with Gasteiger partial charge in [-0.3, -0.25) is 20.4 Å². The Hall–Kier alpha value is -3.49. The summed E-state index contributed by atoms with van der Waals surface area (Å²) in [5.74, 6) is -0.365. The Morgan fingerprint density at radius 3 is 2.50 bits per heavy atom. The number of hydrogen-bond donors (Lipinski definition) is 2. The van der Waals surface area contributed by atoms with E-state index in [2.05, 4.69) is 15.8 Å². The molecule has 0 saturated heterocycles. The standard InChI is InChI=1S/C22H17N3O3S2/c26-20(12-28-19-9-5-4-8-17(19)15-6-2-1-3-7-15)24-25-21(27)18-14-30-22(23-18)16-10-11-29-13-16/h1-11,13-14H,12H2,(H,24,26)(H,25,27). The average Bonchev–Trinajstić information content (AvgIpc) is 3.49. The molecule has 150 valence electrons. The van der Waals surface area contributed by atoms with Crippen molar-refractivity contribution in [1.29, 1.82) is 0 Å². The molecule has 0 atom stereocenters. The number of carbonyl (C=O) groups is 2. The largest absolute Gasteiger partial charge is 0.483 e. The molecular weight excluding hydrogens is 418 g/mol. The van der Waals surface area contributed by atoms with Crippen molar-refractivity contribution in [2.24, 2.45) is 0 Å². The molecule has 0 radical (unpaired) electrons. The number of thiophene rings is 1. The SMILES string of the molecule is O=C(COc1ccccc1-c1ccccc1)NNC(=O)c1csc(-c2ccsc2)n1. The van der Waals surface area contributed by atoms with Crippen molar-refractivity contribution in [2.75, 3.05) is 6.61 Å². The quantitative estimate of drug-likeness (QED) is 0.441. The van der Waals surface area contributed by atoms with Crippen LogP contribution in [0.1, 0.15) is 10.5 Å². The fraction of sp³-hybridized carbons (Fsp3) is 0.0455. The van der Waals surface area contributed by atoms with Crippen LogP contribution >= 0.6 is 22.7 Å². The van der Waals surface area contributed by atoms with Crippen molar-refractivity contribution < 1.29 is 14.3 Å². The van der Waals surface area contributed by atoms with Gasteiger partial charge >= 0.3 is 0 Å². The number of hydrazine groups is 1. The van der Waals surface area contributed by atoms with Crippen LogP contribution in [0.2, 0.25) is 0 Å². The molecule has 0 aliphatic rings. The molecule has 6 nitrogen and oxygen atoms in total. The summed E-state index contributed by atoms with van der Waals surface area (Å²) in [5, 5.41) is 6.33. The Labute approximate surface area is 181 Å². The second kappa shape index (κ2) is 9.34. The highest BCUT2D eigenvalue weighted by Gasteiger charge is 2.14. The molecule has 0 unspecified atom stereocenters. The minimum Gasteiger partial charge on any atom is -0.483 e. The zero-order chi connectivity index (χ0) is 20.8. The number of para-hydroxylation sites is 1. The number of ether oxygens (including phenoxy) is 1. The van der Waals surface area contributed by atoms with Crippen LogP contribution in [-0.2, 0) is 4.79 Å². The van der Waals surface area contributed by atoms with E-state index in [0.717, 1.165) is 21.7 Å². The molecule has 2 amide bonds. The maximum Gasteiger partial charge on any atom is 0.289 e. The molecule has 0 saturated carbocycles. The highest BCUT2D eigenvalue weighted by Crippen LogP contribution is 2.29. The van der Waals surface area contributed by atoms with Crippen molar-refractivity contribution in [2.45, 2.75) is 0 Å². The first kappa shape index (κ1) is 19.8. The predicted octanol–water partition coefficient (Wildman–Crippen LogP) is 4.38. The Balaban J connectivity index is 1.31. The number of amides is 2. The molecule has 30 heavy (non-hydrogen) atoms. The van der Waals surface area contributed by atoms with Gasteiger partial charge in [-0.25, -0.2) is 4.98 Å². The molecule has 2 aromatic carbocycles. The molecule has 0 aliphatic carbocycles. The van der Waals surface area contributed by atoms with E-state index in [1.165, 1.54) is 11.3 Å². The van der Waals surface area contributed by atoms with Crippen LogP contribution in [0.3, 0.4) is 0 Å². The predicted molar refractivity (Wildman–Crippen MR) is 118 cm³/mol. The summed E-state index contributed by atoms with van der Waals surface area (Å²) in [7, 11) is 0. The molecule has 2 aromatic heterocycles. The second-order valence-electron chi connectivity index (χ2n) is 6.20. The lowest BCUT2D eigenvalue weighted by atomic mass is 10.1. The van der Waals surface area contributed by atoms with E-state index in [9.17, 15) is 9.59 Å². The van der Waals surface area contributed by atoms with E-state index in [4.69, 9.17) is 4.74 Å². The van der Waals surface area contributed by atoms with Crippen molar-refractivity contribution in [3.63, 3.8) is 0 Å². The maximum absolute atomic E-state index is 12.2. The van der Waals surface area contributed by atoms with Crippen molar-refractivity contribution >= 4 is 34.5 Å². The normalized spacial score (nSPS) is 10.4. The fourth-order valence-electron chi connectivity index (χ4n) is 2.72. The first-order valence-electron chi connectivity index (χ1n) is 9.05. The minimum atomic E-state index is -0.481. The fourth-order valence-corrected chi connectivity index (χ4v) is 4.23. The Bertz CT molecular complexity index is 1140. The summed E-state index contributed by atoms with van der Waals surface area (Å²) in [5.41, 5.74) is 7.82. The lowest BCUT2D eigenvalue weighted by molar-refractivity contribution is -0.123. The molecule has 0 bridgehead atoms. The molecule has 2 N–H and O–H groups in total. The van der Waals surface area contributed by atoms with Crippen LogP contribution < -0.4 is 15.6 Å². The number of rotatable bonds is 6. The van der Waals surface area contributed by atoms with Crippen molar-refractivity contribution in [1.82, 2.24) is 15.8 Å². The lowest BCUT2D eigenvalue weighted by Crippen LogP contribution is -2.44. The van der Waals surface area contributed by atoms with Gasteiger partial charge in [0.2, 0.25) is 0 Å². The van der Waals surface area contributed by atoms with Crippen LogP contribution in [0, 0.1) is 0 Å². The van der Waals surface area contributed by atoms with Gasteiger partial charge in [-0.15, -0.1) is 11.3 Å². The molecule has 0 fully saturated rings. The van der Waals surface area contributed by atoms with Gasteiger partial charge in [-0.2, -0.15) is 11.3 Å². The summed E-state index contributed by atoms with van der Waals surface area (Å²) in [6, 6.07) is 19.2. The number of aromatic nitrogens is 1. The molecule has 0 aliphatic heterocycles. The van der Waals surface area contributed by atoms with Gasteiger partial charge in [0, 0.05) is 21.9 Å². The minimum absolute atomic E-state index is 0.235. The number of hydrogen-bond acceptors (Lipinski definition) is 6. The van der Waals surface area contributed by atoms with Crippen LogP contribution in [0.15, 0.2) is 76.8 Å². The van der Waals surface area contributed by atoms with Crippen LogP contribution in [0.5, 0.6) is 5.75 Å². The van der Waals surface area contributed by atoms with Crippen LogP contribution in [-0.4, -0.2) is 23.4 Å². The highest BCUT2D eigenvalue weighted by molar-refractivity contribution is 7.14. The number of nitrogens with one attached hydrogen (secondary N) is 2. The molecule has 8 heteroatoms. The number of carbonyl (C=O) groups excluding carboxylic acids is 2. The number of benzene rings is 2. The summed E-state index contributed by atoms with van der Waals surface area (Å²) in [6.07, 6.45) is 0. The zero-order valence-corrected chi connectivity index (χ0v) is 17.3. The first-order chi connectivity index (χ1) is 14.7. The van der Waals surface area contributed by atoms with E-state index in [-0.39, 0.29) is 12.3 Å². The van der Waals surface area contributed by atoms with Gasteiger partial charge < -0.3 is 4.74 Å². The number of nitrogens with zero attached hydrogens (tertiary/aromatic N) is 1. The van der Waals surface area contributed by atoms with E-state index in [1.54, 1.807) is 22.8 Å². The van der Waals surface area contributed by atoms with Gasteiger partial charge in [-0.1, -0.05) is 48.5 Å². The third kappa shape index (κ3) is 4.73. The summed E-state index contributed by atoms with van der Waals surface area (Å²) < 4.78 is 5.67. The lowest BCUT2D eigenvalue weighted by Gasteiger charge is -2.12. The molecular formula is C22H17N3O3S2. The molecule has 0 spiro atoms. The van der Waals surface area contributed by atoms with Gasteiger partial charge in [0.05, 0.1) is 0 Å². The maximum atomic E-state index is 12.2. The van der Waals surface area contributed by atoms with Crippen LogP contribution in [0.25, 0.3) is 21.7 Å². The van der Waals surface area contributed by atoms with Crippen molar-refractivity contribution in [3.05, 3.63) is 82.5 Å². The third-order valence-corrected chi connectivity index (χ3v) is 5.73. The monoisotopic (exact) mass is 435 g/mol. The van der Waals surface area contributed by atoms with Crippen molar-refractivity contribution in [3.8, 4) is 27.4 Å². The van der Waals surface area contributed by atoms with E-state index < -0.39 is 11.8 Å². The Morgan fingerprint density at radius 1 is 0.900 bits per heavy atom. The summed E-state index contributed by atoms with van der Waals surface area (Å²) >= 11 is 2.94. The summed E-state index contributed by atoms with van der Waals surface area (Å²) in [4.78, 5) is 28.7. The Kier molecular flexibility index (Phi) is 6.17. The third-order valence-electron chi connectivity index (χ3n) is 4.15. The van der Waals surface area contributed by atoms with E-state index >= 15 is 0 Å². The van der Waals surface area contributed by atoms with Gasteiger partial charge in [0.15, 0.2) is 6.61 Å². The summed E-state index contributed by atoms with van der Waals surface area (Å²) in [6.45, 7) is -0.235. The topological polar surface area (TPSA) is 80.3 Å². The van der Waals surface area contributed by atoms with Gasteiger partial charge in [0.25, 0.3) is 11.8 Å². The molecule has 4 rings (SSSR count). The van der Waals surface area contributed by atoms with Gasteiger partial charge in [0.1, 0.15) is 16.5 Å². The highest BCUT2D eigenvalue weighted by atomic mass is 32.1. The van der Waals surface area contributed by atoms with E-state index in [0.29, 0.717) is 5.75 Å². The van der Waals surface area contributed by atoms with Crippen LogP contribution in [0.4, 0.5) is 0 Å². The smallest absolute Gasteiger partial charge is 0.289 e. The number of thiazole rings is 1.